The Balaban J connectivity index is 2.22. The molecule has 0 bridgehead atoms. The van der Waals surface area contributed by atoms with Crippen LogP contribution in [-0.2, 0) is 4.79 Å². The summed E-state index contributed by atoms with van der Waals surface area (Å²) in [6.45, 7) is 0. The van der Waals surface area contributed by atoms with E-state index in [9.17, 15) is 4.79 Å². The smallest absolute Gasteiger partial charge is 0.248 e. The molecule has 0 fully saturated rings. The lowest BCUT2D eigenvalue weighted by Crippen LogP contribution is -2.09. The van der Waals surface area contributed by atoms with E-state index in [4.69, 9.17) is 14.2 Å². The van der Waals surface area contributed by atoms with Gasteiger partial charge in [0.2, 0.25) is 5.91 Å². The highest BCUT2D eigenvalue weighted by atomic mass is 79.9. The number of nitrogens with one attached hydrogen (secondary N) is 1. The van der Waals surface area contributed by atoms with Crippen molar-refractivity contribution in [2.75, 3.05) is 26.6 Å². The molecule has 0 unspecified atom stereocenters. The molecular formula is C18H17Br2NO4. The Kier molecular flexibility index (Phi) is 6.90. The van der Waals surface area contributed by atoms with Gasteiger partial charge in [0.05, 0.1) is 31.5 Å². The molecule has 0 aliphatic heterocycles. The average Bonchev–Trinajstić information content (AvgIpc) is 2.59. The zero-order valence-electron chi connectivity index (χ0n) is 13.9. The van der Waals surface area contributed by atoms with Crippen molar-refractivity contribution in [3.63, 3.8) is 0 Å². The van der Waals surface area contributed by atoms with Crippen LogP contribution in [-0.4, -0.2) is 27.2 Å². The second-order valence-electron chi connectivity index (χ2n) is 4.90. The van der Waals surface area contributed by atoms with Crippen molar-refractivity contribution in [1.29, 1.82) is 0 Å². The van der Waals surface area contributed by atoms with E-state index in [1.54, 1.807) is 38.5 Å². The number of halogens is 2. The lowest BCUT2D eigenvalue weighted by Gasteiger charge is -2.11. The molecule has 2 aromatic rings. The van der Waals surface area contributed by atoms with Crippen LogP contribution in [0.5, 0.6) is 17.2 Å². The van der Waals surface area contributed by atoms with E-state index in [1.807, 2.05) is 12.1 Å². The fourth-order valence-corrected chi connectivity index (χ4v) is 3.59. The van der Waals surface area contributed by atoms with Crippen LogP contribution in [0.1, 0.15) is 5.56 Å². The lowest BCUT2D eigenvalue weighted by molar-refractivity contribution is -0.111. The molecule has 0 aromatic heterocycles. The van der Waals surface area contributed by atoms with Crippen LogP contribution in [0.4, 0.5) is 5.69 Å². The summed E-state index contributed by atoms with van der Waals surface area (Å²) in [6.07, 6.45) is 3.10. The van der Waals surface area contributed by atoms with Gasteiger partial charge in [-0.05, 0) is 46.3 Å². The van der Waals surface area contributed by atoms with Crippen LogP contribution in [0.15, 0.2) is 45.4 Å². The van der Waals surface area contributed by atoms with Crippen LogP contribution < -0.4 is 19.5 Å². The minimum absolute atomic E-state index is 0.301. The molecule has 0 saturated carbocycles. The molecule has 0 saturated heterocycles. The molecule has 0 heterocycles. The van der Waals surface area contributed by atoms with Crippen molar-refractivity contribution in [2.45, 2.75) is 0 Å². The van der Waals surface area contributed by atoms with Gasteiger partial charge in [-0.2, -0.15) is 0 Å². The van der Waals surface area contributed by atoms with Gasteiger partial charge in [0.1, 0.15) is 17.2 Å². The quantitative estimate of drug-likeness (QED) is 0.610. The molecule has 5 nitrogen and oxygen atoms in total. The predicted molar refractivity (Wildman–Crippen MR) is 106 cm³/mol. The van der Waals surface area contributed by atoms with Gasteiger partial charge < -0.3 is 19.5 Å². The molecular weight excluding hydrogens is 454 g/mol. The maximum absolute atomic E-state index is 12.3. The second-order valence-corrected chi connectivity index (χ2v) is 6.67. The molecule has 0 atom stereocenters. The van der Waals surface area contributed by atoms with Crippen LogP contribution in [0.2, 0.25) is 0 Å². The van der Waals surface area contributed by atoms with Crippen LogP contribution >= 0.6 is 31.9 Å². The van der Waals surface area contributed by atoms with Gasteiger partial charge in [-0.15, -0.1) is 0 Å². The zero-order chi connectivity index (χ0) is 18.4. The van der Waals surface area contributed by atoms with Crippen molar-refractivity contribution in [3.8, 4) is 17.2 Å². The number of amides is 1. The Morgan fingerprint density at radius 1 is 1.04 bits per heavy atom. The summed E-state index contributed by atoms with van der Waals surface area (Å²) in [5.41, 5.74) is 1.29. The Bertz CT molecular complexity index is 806. The summed E-state index contributed by atoms with van der Waals surface area (Å²) < 4.78 is 17.4. The van der Waals surface area contributed by atoms with E-state index in [0.29, 0.717) is 22.9 Å². The first-order valence-corrected chi connectivity index (χ1v) is 8.81. The SMILES string of the molecule is COc1ccc(OC)c(NC(=O)/C=C/c2cc(Br)cc(Br)c2OC)c1. The molecule has 0 radical (unpaired) electrons. The number of methoxy groups -OCH3 is 3. The largest absolute Gasteiger partial charge is 0.497 e. The first kappa shape index (κ1) is 19.3. The maximum Gasteiger partial charge on any atom is 0.248 e. The topological polar surface area (TPSA) is 56.8 Å². The van der Waals surface area contributed by atoms with Gasteiger partial charge >= 0.3 is 0 Å². The average molecular weight is 471 g/mol. The standard InChI is InChI=1S/C18H17Br2NO4/c1-23-13-5-6-16(24-2)15(10-13)21-17(22)7-4-11-8-12(19)9-14(20)18(11)25-3/h4-10H,1-3H3,(H,21,22)/b7-4+. The zero-order valence-corrected chi connectivity index (χ0v) is 17.1. The highest BCUT2D eigenvalue weighted by Crippen LogP contribution is 2.33. The molecule has 2 rings (SSSR count). The highest BCUT2D eigenvalue weighted by molar-refractivity contribution is 9.11. The molecule has 0 aliphatic carbocycles. The number of carbonyl (C=O) groups excluding carboxylic acids is 1. The van der Waals surface area contributed by atoms with Crippen molar-refractivity contribution in [3.05, 3.63) is 50.9 Å². The van der Waals surface area contributed by atoms with Gasteiger partial charge in [-0.1, -0.05) is 15.9 Å². The van der Waals surface area contributed by atoms with Gasteiger partial charge in [0, 0.05) is 22.2 Å². The molecule has 25 heavy (non-hydrogen) atoms. The van der Waals surface area contributed by atoms with E-state index < -0.39 is 0 Å². The third kappa shape index (κ3) is 4.99. The van der Waals surface area contributed by atoms with Gasteiger partial charge in [0.25, 0.3) is 0 Å². The minimum Gasteiger partial charge on any atom is -0.497 e. The number of hydrogen-bond donors (Lipinski definition) is 1. The molecule has 7 heteroatoms. The minimum atomic E-state index is -0.301. The number of anilines is 1. The maximum atomic E-state index is 12.3. The summed E-state index contributed by atoms with van der Waals surface area (Å²) in [4.78, 5) is 12.3. The van der Waals surface area contributed by atoms with E-state index in [0.717, 1.165) is 14.5 Å². The Morgan fingerprint density at radius 2 is 1.80 bits per heavy atom. The molecule has 1 amide bonds. The van der Waals surface area contributed by atoms with Crippen molar-refractivity contribution < 1.29 is 19.0 Å². The number of benzene rings is 2. The summed E-state index contributed by atoms with van der Waals surface area (Å²) in [5, 5.41) is 2.78. The second kappa shape index (κ2) is 8.92. The van der Waals surface area contributed by atoms with E-state index in [-0.39, 0.29) is 5.91 Å². The summed E-state index contributed by atoms with van der Waals surface area (Å²) >= 11 is 6.86. The fourth-order valence-electron chi connectivity index (χ4n) is 2.17. The molecule has 2 aromatic carbocycles. The number of carbonyl (C=O) groups is 1. The monoisotopic (exact) mass is 469 g/mol. The molecule has 132 valence electrons. The summed E-state index contributed by atoms with van der Waals surface area (Å²) in [6, 6.07) is 8.92. The predicted octanol–water partition coefficient (Wildman–Crippen LogP) is 4.89. The van der Waals surface area contributed by atoms with Gasteiger partial charge in [0.15, 0.2) is 0 Å². The Labute approximate surface area is 163 Å². The number of rotatable bonds is 6. The van der Waals surface area contributed by atoms with Crippen LogP contribution in [0.3, 0.4) is 0 Å². The van der Waals surface area contributed by atoms with Gasteiger partial charge in [-0.3, -0.25) is 4.79 Å². The first-order chi connectivity index (χ1) is 12.0. The van der Waals surface area contributed by atoms with Crippen LogP contribution in [0, 0.1) is 0 Å². The number of ether oxygens (including phenoxy) is 3. The lowest BCUT2D eigenvalue weighted by atomic mass is 10.2. The third-order valence-electron chi connectivity index (χ3n) is 3.32. The Morgan fingerprint density at radius 3 is 2.44 bits per heavy atom. The molecule has 0 spiro atoms. The van der Waals surface area contributed by atoms with E-state index >= 15 is 0 Å². The van der Waals surface area contributed by atoms with Crippen LogP contribution in [0.25, 0.3) is 6.08 Å². The molecule has 1 N–H and O–H groups in total. The van der Waals surface area contributed by atoms with Crippen molar-refractivity contribution in [2.24, 2.45) is 0 Å². The normalized spacial score (nSPS) is 10.6. The summed E-state index contributed by atoms with van der Waals surface area (Å²) in [7, 11) is 4.68. The third-order valence-corrected chi connectivity index (χ3v) is 4.37. The van der Waals surface area contributed by atoms with E-state index in [1.165, 1.54) is 13.2 Å². The highest BCUT2D eigenvalue weighted by Gasteiger charge is 2.09. The Hall–Kier alpha value is -1.99. The van der Waals surface area contributed by atoms with Crippen molar-refractivity contribution in [1.82, 2.24) is 0 Å². The molecule has 0 aliphatic rings. The fraction of sp³-hybridized carbons (Fsp3) is 0.167. The van der Waals surface area contributed by atoms with Crippen molar-refractivity contribution >= 4 is 49.5 Å². The summed E-state index contributed by atoms with van der Waals surface area (Å²) in [5.74, 6) is 1.51. The number of hydrogen-bond acceptors (Lipinski definition) is 4. The first-order valence-electron chi connectivity index (χ1n) is 7.22. The van der Waals surface area contributed by atoms with E-state index in [2.05, 4.69) is 37.2 Å². The van der Waals surface area contributed by atoms with Gasteiger partial charge in [-0.25, -0.2) is 0 Å².